The van der Waals surface area contributed by atoms with Gasteiger partial charge in [-0.1, -0.05) is 29.4 Å². The number of amidine groups is 1. The van der Waals surface area contributed by atoms with Crippen LogP contribution in [0.5, 0.6) is 0 Å². The average molecular weight is 276 g/mol. The standard InChI is InChI=1S/C15H24N4O/c1-19-8-4-5-12(11-19)9-17-10-13-6-2-3-7-14(13)15(16)18-20/h2-3,6-7,12,17,20H,4-5,8-11H2,1H3,(H2,16,18). The molecule has 1 aliphatic rings. The van der Waals surface area contributed by atoms with Crippen molar-refractivity contribution in [2.45, 2.75) is 19.4 Å². The zero-order valence-corrected chi connectivity index (χ0v) is 12.0. The van der Waals surface area contributed by atoms with Crippen LogP contribution < -0.4 is 11.1 Å². The molecular weight excluding hydrogens is 252 g/mol. The fourth-order valence-corrected chi connectivity index (χ4v) is 2.83. The molecule has 1 saturated heterocycles. The second kappa shape index (κ2) is 7.26. The molecule has 1 aromatic carbocycles. The topological polar surface area (TPSA) is 73.9 Å². The highest BCUT2D eigenvalue weighted by atomic mass is 16.4. The van der Waals surface area contributed by atoms with E-state index >= 15 is 0 Å². The molecule has 0 spiro atoms. The van der Waals surface area contributed by atoms with Crippen LogP contribution >= 0.6 is 0 Å². The maximum Gasteiger partial charge on any atom is 0.170 e. The first-order chi connectivity index (χ1) is 9.70. The highest BCUT2D eigenvalue weighted by Crippen LogP contribution is 2.14. The van der Waals surface area contributed by atoms with Crippen molar-refractivity contribution in [2.75, 3.05) is 26.7 Å². The van der Waals surface area contributed by atoms with Crippen LogP contribution in [-0.2, 0) is 6.54 Å². The van der Waals surface area contributed by atoms with Crippen LogP contribution in [0.15, 0.2) is 29.4 Å². The zero-order valence-electron chi connectivity index (χ0n) is 12.0. The van der Waals surface area contributed by atoms with Crippen molar-refractivity contribution in [2.24, 2.45) is 16.8 Å². The van der Waals surface area contributed by atoms with Crippen LogP contribution in [0, 0.1) is 5.92 Å². The fourth-order valence-electron chi connectivity index (χ4n) is 2.83. The number of hydrogen-bond acceptors (Lipinski definition) is 4. The number of benzene rings is 1. The molecule has 5 nitrogen and oxygen atoms in total. The molecule has 1 aliphatic heterocycles. The number of hydrogen-bond donors (Lipinski definition) is 3. The second-order valence-electron chi connectivity index (χ2n) is 5.54. The number of rotatable bonds is 5. The number of oxime groups is 1. The van der Waals surface area contributed by atoms with Gasteiger partial charge in [-0.25, -0.2) is 0 Å². The highest BCUT2D eigenvalue weighted by molar-refractivity contribution is 5.98. The summed E-state index contributed by atoms with van der Waals surface area (Å²) in [5.41, 5.74) is 7.55. The first-order valence-corrected chi connectivity index (χ1v) is 7.15. The lowest BCUT2D eigenvalue weighted by molar-refractivity contribution is 0.206. The molecule has 0 aromatic heterocycles. The van der Waals surface area contributed by atoms with Gasteiger partial charge in [0.1, 0.15) is 0 Å². The lowest BCUT2D eigenvalue weighted by Crippen LogP contribution is -2.37. The van der Waals surface area contributed by atoms with Gasteiger partial charge < -0.3 is 21.2 Å². The summed E-state index contributed by atoms with van der Waals surface area (Å²) in [5.74, 6) is 0.879. The Hall–Kier alpha value is -1.59. The van der Waals surface area contributed by atoms with Crippen molar-refractivity contribution in [1.82, 2.24) is 10.2 Å². The summed E-state index contributed by atoms with van der Waals surface area (Å²) in [5, 5.41) is 15.4. The molecule has 4 N–H and O–H groups in total. The molecule has 2 rings (SSSR count). The van der Waals surface area contributed by atoms with E-state index in [1.165, 1.54) is 19.4 Å². The minimum absolute atomic E-state index is 0.166. The van der Waals surface area contributed by atoms with Gasteiger partial charge in [-0.05, 0) is 44.5 Å². The molecule has 0 amide bonds. The Bertz CT molecular complexity index is 461. The smallest absolute Gasteiger partial charge is 0.170 e. The van der Waals surface area contributed by atoms with Crippen LogP contribution in [0.3, 0.4) is 0 Å². The summed E-state index contributed by atoms with van der Waals surface area (Å²) in [6.07, 6.45) is 2.57. The van der Waals surface area contributed by atoms with Crippen LogP contribution in [0.2, 0.25) is 0 Å². The molecule has 1 fully saturated rings. The van der Waals surface area contributed by atoms with Crippen molar-refractivity contribution in [3.8, 4) is 0 Å². The molecule has 0 bridgehead atoms. The highest BCUT2D eigenvalue weighted by Gasteiger charge is 2.16. The van der Waals surface area contributed by atoms with E-state index in [4.69, 9.17) is 10.9 Å². The minimum atomic E-state index is 0.166. The Kier molecular flexibility index (Phi) is 5.38. The second-order valence-corrected chi connectivity index (χ2v) is 5.54. The first kappa shape index (κ1) is 14.8. The Balaban J connectivity index is 1.88. The molecule has 20 heavy (non-hydrogen) atoms. The Morgan fingerprint density at radius 2 is 2.30 bits per heavy atom. The van der Waals surface area contributed by atoms with Gasteiger partial charge >= 0.3 is 0 Å². The van der Waals surface area contributed by atoms with Gasteiger partial charge in [0.25, 0.3) is 0 Å². The van der Waals surface area contributed by atoms with E-state index in [1.807, 2.05) is 24.3 Å². The van der Waals surface area contributed by atoms with Gasteiger partial charge in [-0.3, -0.25) is 0 Å². The molecule has 110 valence electrons. The molecule has 1 atom stereocenters. The summed E-state index contributed by atoms with van der Waals surface area (Å²) < 4.78 is 0. The van der Waals surface area contributed by atoms with E-state index < -0.39 is 0 Å². The van der Waals surface area contributed by atoms with Crippen LogP contribution in [-0.4, -0.2) is 42.6 Å². The SMILES string of the molecule is CN1CCCC(CNCc2ccccc2C(N)=NO)C1. The molecule has 1 aromatic rings. The van der Waals surface area contributed by atoms with Crippen molar-refractivity contribution < 1.29 is 5.21 Å². The van der Waals surface area contributed by atoms with E-state index in [-0.39, 0.29) is 5.84 Å². The predicted molar refractivity (Wildman–Crippen MR) is 80.9 cm³/mol. The van der Waals surface area contributed by atoms with E-state index in [0.29, 0.717) is 5.92 Å². The molecule has 0 aliphatic carbocycles. The third-order valence-corrected chi connectivity index (χ3v) is 3.87. The molecule has 5 heteroatoms. The lowest BCUT2D eigenvalue weighted by atomic mass is 9.98. The van der Waals surface area contributed by atoms with Gasteiger partial charge in [0.2, 0.25) is 0 Å². The Labute approximate surface area is 120 Å². The Morgan fingerprint density at radius 3 is 3.05 bits per heavy atom. The van der Waals surface area contributed by atoms with Crippen LogP contribution in [0.4, 0.5) is 0 Å². The molecular formula is C15H24N4O. The number of nitrogens with one attached hydrogen (secondary N) is 1. The number of likely N-dealkylation sites (tertiary alicyclic amines) is 1. The third kappa shape index (κ3) is 3.95. The maximum absolute atomic E-state index is 8.81. The monoisotopic (exact) mass is 276 g/mol. The van der Waals surface area contributed by atoms with Crippen molar-refractivity contribution >= 4 is 5.84 Å². The number of nitrogens with zero attached hydrogens (tertiary/aromatic N) is 2. The van der Waals surface area contributed by atoms with Crippen LogP contribution in [0.1, 0.15) is 24.0 Å². The fraction of sp³-hybridized carbons (Fsp3) is 0.533. The largest absolute Gasteiger partial charge is 0.409 e. The van der Waals surface area contributed by atoms with E-state index in [1.54, 1.807) is 0 Å². The maximum atomic E-state index is 8.81. The number of nitrogens with two attached hydrogens (primary N) is 1. The van der Waals surface area contributed by atoms with Crippen molar-refractivity contribution in [3.05, 3.63) is 35.4 Å². The lowest BCUT2D eigenvalue weighted by Gasteiger charge is -2.29. The minimum Gasteiger partial charge on any atom is -0.409 e. The van der Waals surface area contributed by atoms with Crippen LogP contribution in [0.25, 0.3) is 0 Å². The van der Waals surface area contributed by atoms with Gasteiger partial charge in [-0.15, -0.1) is 0 Å². The van der Waals surface area contributed by atoms with E-state index in [2.05, 4.69) is 22.4 Å². The first-order valence-electron chi connectivity index (χ1n) is 7.15. The zero-order chi connectivity index (χ0) is 14.4. The van der Waals surface area contributed by atoms with Gasteiger partial charge in [0.15, 0.2) is 5.84 Å². The summed E-state index contributed by atoms with van der Waals surface area (Å²) in [7, 11) is 2.18. The molecule has 0 saturated carbocycles. The Morgan fingerprint density at radius 1 is 1.50 bits per heavy atom. The summed E-state index contributed by atoms with van der Waals surface area (Å²) in [4.78, 5) is 2.39. The molecule has 1 unspecified atom stereocenters. The predicted octanol–water partition coefficient (Wildman–Crippen LogP) is 1.21. The van der Waals surface area contributed by atoms with E-state index in [0.717, 1.165) is 30.8 Å². The summed E-state index contributed by atoms with van der Waals surface area (Å²) >= 11 is 0. The molecule has 0 radical (unpaired) electrons. The van der Waals surface area contributed by atoms with Gasteiger partial charge in [0.05, 0.1) is 0 Å². The van der Waals surface area contributed by atoms with Gasteiger partial charge in [-0.2, -0.15) is 0 Å². The quantitative estimate of drug-likeness (QED) is 0.327. The molecule has 1 heterocycles. The third-order valence-electron chi connectivity index (χ3n) is 3.87. The summed E-state index contributed by atoms with van der Waals surface area (Å²) in [6, 6.07) is 7.75. The normalized spacial score (nSPS) is 21.1. The summed E-state index contributed by atoms with van der Waals surface area (Å²) in [6.45, 7) is 4.12. The van der Waals surface area contributed by atoms with Gasteiger partial charge in [0, 0.05) is 18.7 Å². The van der Waals surface area contributed by atoms with Crippen molar-refractivity contribution in [3.63, 3.8) is 0 Å². The van der Waals surface area contributed by atoms with Crippen molar-refractivity contribution in [1.29, 1.82) is 0 Å². The van der Waals surface area contributed by atoms with E-state index in [9.17, 15) is 0 Å². The average Bonchev–Trinajstić information content (AvgIpc) is 2.47. The number of piperidine rings is 1.